The topological polar surface area (TPSA) is 52.6 Å². The van der Waals surface area contributed by atoms with Crippen LogP contribution in [0.4, 0.5) is 0 Å². The van der Waals surface area contributed by atoms with Gasteiger partial charge in [0.05, 0.1) is 22.7 Å². The maximum atomic E-state index is 12.1. The van der Waals surface area contributed by atoms with Gasteiger partial charge in [-0.05, 0) is 36.4 Å². The number of rotatable bonds is 4. The first-order chi connectivity index (χ1) is 10.0. The van der Waals surface area contributed by atoms with Crippen LogP contribution in [0.15, 0.2) is 36.4 Å². The van der Waals surface area contributed by atoms with Crippen LogP contribution in [-0.2, 0) is 0 Å². The molecular weight excluding hydrogens is 315 g/mol. The summed E-state index contributed by atoms with van der Waals surface area (Å²) < 4.78 is 10.3. The second-order valence-electron chi connectivity index (χ2n) is 4.05. The van der Waals surface area contributed by atoms with E-state index in [1.54, 1.807) is 0 Å². The molecule has 0 unspecified atom stereocenters. The SMILES string of the molecule is COc1cc(C=O)ccc1OC(=O)c1ccc(Cl)c(Cl)c1. The van der Waals surface area contributed by atoms with E-state index in [0.717, 1.165) is 0 Å². The minimum atomic E-state index is -0.606. The standard InChI is InChI=1S/C15H10Cl2O4/c1-20-14-6-9(8-18)2-5-13(14)21-15(19)10-3-4-11(16)12(17)7-10/h2-8H,1H3. The van der Waals surface area contributed by atoms with Gasteiger partial charge in [0.25, 0.3) is 0 Å². The number of hydrogen-bond donors (Lipinski definition) is 0. The predicted molar refractivity (Wildman–Crippen MR) is 79.8 cm³/mol. The monoisotopic (exact) mass is 324 g/mol. The van der Waals surface area contributed by atoms with Gasteiger partial charge in [-0.3, -0.25) is 4.79 Å². The number of aldehydes is 1. The zero-order valence-electron chi connectivity index (χ0n) is 10.9. The fourth-order valence-corrected chi connectivity index (χ4v) is 1.92. The summed E-state index contributed by atoms with van der Waals surface area (Å²) >= 11 is 11.6. The maximum Gasteiger partial charge on any atom is 0.343 e. The van der Waals surface area contributed by atoms with Crippen molar-refractivity contribution in [2.75, 3.05) is 7.11 Å². The number of hydrogen-bond acceptors (Lipinski definition) is 4. The van der Waals surface area contributed by atoms with Gasteiger partial charge in [-0.1, -0.05) is 23.2 Å². The van der Waals surface area contributed by atoms with Crippen LogP contribution >= 0.6 is 23.2 Å². The van der Waals surface area contributed by atoms with E-state index in [1.807, 2.05) is 0 Å². The van der Waals surface area contributed by atoms with Crippen LogP contribution < -0.4 is 9.47 Å². The van der Waals surface area contributed by atoms with Crippen molar-refractivity contribution < 1.29 is 19.1 Å². The molecule has 0 atom stereocenters. The molecule has 0 fully saturated rings. The lowest BCUT2D eigenvalue weighted by atomic mass is 10.2. The Morgan fingerprint density at radius 2 is 1.81 bits per heavy atom. The molecule has 0 aliphatic rings. The van der Waals surface area contributed by atoms with E-state index in [0.29, 0.717) is 16.9 Å². The van der Waals surface area contributed by atoms with E-state index >= 15 is 0 Å². The Morgan fingerprint density at radius 3 is 2.43 bits per heavy atom. The molecule has 0 heterocycles. The van der Waals surface area contributed by atoms with Crippen LogP contribution in [0.2, 0.25) is 10.0 Å². The van der Waals surface area contributed by atoms with Gasteiger partial charge in [0.15, 0.2) is 11.5 Å². The van der Waals surface area contributed by atoms with Crippen LogP contribution in [0.25, 0.3) is 0 Å². The molecule has 21 heavy (non-hydrogen) atoms. The fourth-order valence-electron chi connectivity index (χ4n) is 1.62. The number of carbonyl (C=O) groups excluding carboxylic acids is 2. The summed E-state index contributed by atoms with van der Waals surface area (Å²) in [5.41, 5.74) is 0.673. The zero-order valence-corrected chi connectivity index (χ0v) is 12.4. The zero-order chi connectivity index (χ0) is 15.4. The highest BCUT2D eigenvalue weighted by atomic mass is 35.5. The number of methoxy groups -OCH3 is 1. The Hall–Kier alpha value is -2.04. The molecule has 0 saturated heterocycles. The summed E-state index contributed by atoms with van der Waals surface area (Å²) in [6.07, 6.45) is 0.674. The predicted octanol–water partition coefficient (Wildman–Crippen LogP) is 4.03. The first-order valence-corrected chi connectivity index (χ1v) is 6.61. The van der Waals surface area contributed by atoms with E-state index in [9.17, 15) is 9.59 Å². The van der Waals surface area contributed by atoms with E-state index in [4.69, 9.17) is 32.7 Å². The molecule has 2 rings (SSSR count). The highest BCUT2D eigenvalue weighted by Gasteiger charge is 2.14. The summed E-state index contributed by atoms with van der Waals surface area (Å²) in [5.74, 6) is -0.113. The van der Waals surface area contributed by atoms with E-state index < -0.39 is 5.97 Å². The van der Waals surface area contributed by atoms with Crippen LogP contribution in [0.3, 0.4) is 0 Å². The lowest BCUT2D eigenvalue weighted by molar-refractivity contribution is 0.0729. The van der Waals surface area contributed by atoms with Crippen LogP contribution in [-0.4, -0.2) is 19.4 Å². The summed E-state index contributed by atoms with van der Waals surface area (Å²) in [5, 5.41) is 0.607. The van der Waals surface area contributed by atoms with Crippen molar-refractivity contribution in [3.8, 4) is 11.5 Å². The number of ether oxygens (including phenoxy) is 2. The molecule has 0 spiro atoms. The highest BCUT2D eigenvalue weighted by molar-refractivity contribution is 6.42. The Kier molecular flexibility index (Phi) is 4.83. The van der Waals surface area contributed by atoms with Gasteiger partial charge >= 0.3 is 5.97 Å². The van der Waals surface area contributed by atoms with Crippen LogP contribution in [0.5, 0.6) is 11.5 Å². The quantitative estimate of drug-likeness (QED) is 0.484. The molecule has 0 bridgehead atoms. The molecule has 0 aliphatic heterocycles. The van der Waals surface area contributed by atoms with Crippen molar-refractivity contribution in [1.29, 1.82) is 0 Å². The van der Waals surface area contributed by atoms with Crippen molar-refractivity contribution in [3.05, 3.63) is 57.6 Å². The van der Waals surface area contributed by atoms with Gasteiger partial charge < -0.3 is 9.47 Å². The first-order valence-electron chi connectivity index (χ1n) is 5.85. The van der Waals surface area contributed by atoms with E-state index in [1.165, 1.54) is 43.5 Å². The Labute approximate surface area is 131 Å². The van der Waals surface area contributed by atoms with Crippen molar-refractivity contribution in [2.24, 2.45) is 0 Å². The minimum absolute atomic E-state index is 0.208. The summed E-state index contributed by atoms with van der Waals surface area (Å²) in [4.78, 5) is 22.8. The molecule has 0 saturated carbocycles. The number of esters is 1. The second-order valence-corrected chi connectivity index (χ2v) is 4.86. The second kappa shape index (κ2) is 6.61. The molecule has 4 nitrogen and oxygen atoms in total. The lowest BCUT2D eigenvalue weighted by Crippen LogP contribution is -2.09. The molecule has 0 amide bonds. The highest BCUT2D eigenvalue weighted by Crippen LogP contribution is 2.29. The van der Waals surface area contributed by atoms with Crippen LogP contribution in [0.1, 0.15) is 20.7 Å². The molecule has 0 aromatic heterocycles. The Morgan fingerprint density at radius 1 is 1.05 bits per heavy atom. The van der Waals surface area contributed by atoms with Crippen molar-refractivity contribution >= 4 is 35.5 Å². The molecular formula is C15H10Cl2O4. The molecule has 2 aromatic carbocycles. The van der Waals surface area contributed by atoms with Crippen molar-refractivity contribution in [1.82, 2.24) is 0 Å². The van der Waals surface area contributed by atoms with Crippen molar-refractivity contribution in [3.63, 3.8) is 0 Å². The first kappa shape index (κ1) is 15.4. The van der Waals surface area contributed by atoms with Gasteiger partial charge in [0.2, 0.25) is 0 Å². The van der Waals surface area contributed by atoms with Gasteiger partial charge in [-0.25, -0.2) is 4.79 Å². The minimum Gasteiger partial charge on any atom is -0.493 e. The smallest absolute Gasteiger partial charge is 0.343 e. The Balaban J connectivity index is 2.26. The van der Waals surface area contributed by atoms with Gasteiger partial charge in [-0.15, -0.1) is 0 Å². The number of benzene rings is 2. The molecule has 0 aliphatic carbocycles. The lowest BCUT2D eigenvalue weighted by Gasteiger charge is -2.10. The van der Waals surface area contributed by atoms with E-state index in [2.05, 4.69) is 0 Å². The van der Waals surface area contributed by atoms with Gasteiger partial charge in [0, 0.05) is 5.56 Å². The molecule has 108 valence electrons. The molecule has 2 aromatic rings. The van der Waals surface area contributed by atoms with E-state index in [-0.39, 0.29) is 22.1 Å². The largest absolute Gasteiger partial charge is 0.493 e. The summed E-state index contributed by atoms with van der Waals surface area (Å²) in [7, 11) is 1.42. The third-order valence-electron chi connectivity index (χ3n) is 2.68. The fraction of sp³-hybridized carbons (Fsp3) is 0.0667. The van der Waals surface area contributed by atoms with Crippen molar-refractivity contribution in [2.45, 2.75) is 0 Å². The third kappa shape index (κ3) is 3.54. The normalized spacial score (nSPS) is 10.0. The average molecular weight is 325 g/mol. The number of carbonyl (C=O) groups is 2. The Bertz CT molecular complexity index is 698. The molecule has 0 N–H and O–H groups in total. The summed E-state index contributed by atoms with van der Waals surface area (Å²) in [6.45, 7) is 0. The molecule has 6 heteroatoms. The van der Waals surface area contributed by atoms with Crippen LogP contribution in [0, 0.1) is 0 Å². The molecule has 0 radical (unpaired) electrons. The maximum absolute atomic E-state index is 12.1. The van der Waals surface area contributed by atoms with Gasteiger partial charge in [0.1, 0.15) is 6.29 Å². The number of halogens is 2. The third-order valence-corrected chi connectivity index (χ3v) is 3.42. The van der Waals surface area contributed by atoms with Gasteiger partial charge in [-0.2, -0.15) is 0 Å². The average Bonchev–Trinajstić information content (AvgIpc) is 2.50. The summed E-state index contributed by atoms with van der Waals surface area (Å²) in [6, 6.07) is 8.91.